The van der Waals surface area contributed by atoms with Crippen LogP contribution in [-0.2, 0) is 13.1 Å². The Hall–Kier alpha value is -1.56. The van der Waals surface area contributed by atoms with E-state index in [1.165, 1.54) is 0 Å². The van der Waals surface area contributed by atoms with Crippen LogP contribution in [0, 0.1) is 5.92 Å². The van der Waals surface area contributed by atoms with Crippen molar-refractivity contribution in [2.24, 2.45) is 5.92 Å². The summed E-state index contributed by atoms with van der Waals surface area (Å²) in [6.07, 6.45) is 3.23. The molecule has 6 nitrogen and oxygen atoms in total. The van der Waals surface area contributed by atoms with E-state index >= 15 is 0 Å². The highest BCUT2D eigenvalue weighted by Crippen LogP contribution is 2.15. The van der Waals surface area contributed by atoms with Gasteiger partial charge in [-0.3, -0.25) is 4.68 Å². The van der Waals surface area contributed by atoms with Gasteiger partial charge in [0, 0.05) is 12.7 Å². The largest absolute Gasteiger partial charge is 0.381 e. The molecule has 0 radical (unpaired) electrons. The summed E-state index contributed by atoms with van der Waals surface area (Å²) in [6.45, 7) is 5.62. The summed E-state index contributed by atoms with van der Waals surface area (Å²) in [6, 6.07) is 0. The molecule has 17 heavy (non-hydrogen) atoms. The van der Waals surface area contributed by atoms with Gasteiger partial charge in [0.25, 0.3) is 0 Å². The zero-order chi connectivity index (χ0) is 12.4. The number of hydrogen-bond acceptors (Lipinski definition) is 4. The monoisotopic (exact) mass is 254 g/mol. The minimum atomic E-state index is 0.335. The van der Waals surface area contributed by atoms with Crippen LogP contribution in [0.4, 0.5) is 5.82 Å². The number of aromatic nitrogens is 5. The van der Waals surface area contributed by atoms with E-state index in [0.29, 0.717) is 23.3 Å². The molecule has 0 aliphatic heterocycles. The lowest BCUT2D eigenvalue weighted by molar-refractivity contribution is 0.456. The first-order chi connectivity index (χ1) is 8.06. The maximum absolute atomic E-state index is 5.84. The Balaban J connectivity index is 2.15. The highest BCUT2D eigenvalue weighted by atomic mass is 35.5. The van der Waals surface area contributed by atoms with Gasteiger partial charge in [-0.15, -0.1) is 0 Å². The molecule has 2 aromatic rings. The van der Waals surface area contributed by atoms with Gasteiger partial charge in [0.1, 0.15) is 23.7 Å². The molecule has 2 rings (SSSR count). The zero-order valence-electron chi connectivity index (χ0n) is 9.84. The Labute approximate surface area is 104 Å². The minimum Gasteiger partial charge on any atom is -0.381 e. The van der Waals surface area contributed by atoms with E-state index in [0.717, 1.165) is 12.4 Å². The first-order valence-electron chi connectivity index (χ1n) is 5.41. The van der Waals surface area contributed by atoms with Crippen molar-refractivity contribution in [3.05, 3.63) is 23.4 Å². The SMILES string of the molecule is CC(C)Cn1ncnc1Cn1cc(Cl)c(N)n1. The van der Waals surface area contributed by atoms with Crippen molar-refractivity contribution < 1.29 is 0 Å². The number of rotatable bonds is 4. The Kier molecular flexibility index (Phi) is 3.33. The van der Waals surface area contributed by atoms with Crippen molar-refractivity contribution in [1.29, 1.82) is 0 Å². The van der Waals surface area contributed by atoms with Crippen LogP contribution in [-0.4, -0.2) is 24.5 Å². The number of nitrogens with zero attached hydrogens (tertiary/aromatic N) is 5. The van der Waals surface area contributed by atoms with Crippen molar-refractivity contribution in [3.8, 4) is 0 Å². The summed E-state index contributed by atoms with van der Waals surface area (Å²) >= 11 is 5.84. The molecule has 0 aliphatic carbocycles. The van der Waals surface area contributed by atoms with Gasteiger partial charge in [0.15, 0.2) is 5.82 Å². The fourth-order valence-corrected chi connectivity index (χ4v) is 1.70. The summed E-state index contributed by atoms with van der Waals surface area (Å²) in [5, 5.41) is 8.73. The summed E-state index contributed by atoms with van der Waals surface area (Å²) in [5.41, 5.74) is 5.58. The van der Waals surface area contributed by atoms with Gasteiger partial charge >= 0.3 is 0 Å². The van der Waals surface area contributed by atoms with Gasteiger partial charge in [0.05, 0.1) is 0 Å². The number of nitrogen functional groups attached to an aromatic ring is 1. The van der Waals surface area contributed by atoms with E-state index in [4.69, 9.17) is 17.3 Å². The maximum atomic E-state index is 5.84. The van der Waals surface area contributed by atoms with Crippen LogP contribution in [0.5, 0.6) is 0 Å². The molecule has 0 aliphatic rings. The molecule has 0 amide bonds. The van der Waals surface area contributed by atoms with Crippen LogP contribution in [0.15, 0.2) is 12.5 Å². The molecule has 0 aromatic carbocycles. The van der Waals surface area contributed by atoms with Crippen molar-refractivity contribution in [2.45, 2.75) is 26.9 Å². The molecule has 7 heteroatoms. The quantitative estimate of drug-likeness (QED) is 0.895. The Morgan fingerprint density at radius 2 is 2.24 bits per heavy atom. The smallest absolute Gasteiger partial charge is 0.164 e. The van der Waals surface area contributed by atoms with Gasteiger partial charge in [-0.1, -0.05) is 25.4 Å². The Morgan fingerprint density at radius 3 is 2.82 bits per heavy atom. The molecule has 0 spiro atoms. The molecule has 0 unspecified atom stereocenters. The first-order valence-corrected chi connectivity index (χ1v) is 5.79. The van der Waals surface area contributed by atoms with Crippen LogP contribution >= 0.6 is 11.6 Å². The molecule has 0 saturated heterocycles. The zero-order valence-corrected chi connectivity index (χ0v) is 10.6. The van der Waals surface area contributed by atoms with Gasteiger partial charge in [-0.2, -0.15) is 10.2 Å². The minimum absolute atomic E-state index is 0.335. The van der Waals surface area contributed by atoms with E-state index in [2.05, 4.69) is 29.0 Å². The molecule has 92 valence electrons. The van der Waals surface area contributed by atoms with Crippen molar-refractivity contribution in [3.63, 3.8) is 0 Å². The fourth-order valence-electron chi connectivity index (χ4n) is 1.55. The standard InChI is InChI=1S/C10H15ClN6/c1-7(2)3-17-9(13-6-14-17)5-16-4-8(11)10(12)15-16/h4,6-7H,3,5H2,1-2H3,(H2,12,15). The Morgan fingerprint density at radius 1 is 1.47 bits per heavy atom. The van der Waals surface area contributed by atoms with E-state index < -0.39 is 0 Å². The van der Waals surface area contributed by atoms with E-state index in [9.17, 15) is 0 Å². The highest BCUT2D eigenvalue weighted by Gasteiger charge is 2.09. The van der Waals surface area contributed by atoms with E-state index in [1.54, 1.807) is 17.2 Å². The third-order valence-corrected chi connectivity index (χ3v) is 2.57. The van der Waals surface area contributed by atoms with Crippen molar-refractivity contribution >= 4 is 17.4 Å². The lowest BCUT2D eigenvalue weighted by Crippen LogP contribution is -2.13. The predicted octanol–water partition coefficient (Wildman–Crippen LogP) is 1.41. The third-order valence-electron chi connectivity index (χ3n) is 2.28. The van der Waals surface area contributed by atoms with E-state index in [-0.39, 0.29) is 0 Å². The van der Waals surface area contributed by atoms with Crippen LogP contribution in [0.2, 0.25) is 5.02 Å². The van der Waals surface area contributed by atoms with E-state index in [1.807, 2.05) is 4.68 Å². The molecular formula is C10H15ClN6. The molecule has 0 atom stereocenters. The highest BCUT2D eigenvalue weighted by molar-refractivity contribution is 6.32. The summed E-state index contributed by atoms with van der Waals surface area (Å²) in [4.78, 5) is 4.21. The lowest BCUT2D eigenvalue weighted by Gasteiger charge is -2.08. The molecule has 0 fully saturated rings. The summed E-state index contributed by atoms with van der Waals surface area (Å²) in [5.74, 6) is 1.70. The van der Waals surface area contributed by atoms with Crippen LogP contribution < -0.4 is 5.73 Å². The second-order valence-corrected chi connectivity index (χ2v) is 4.72. The predicted molar refractivity (Wildman–Crippen MR) is 65.6 cm³/mol. The molecule has 2 N–H and O–H groups in total. The van der Waals surface area contributed by atoms with Crippen LogP contribution in [0.1, 0.15) is 19.7 Å². The van der Waals surface area contributed by atoms with Crippen LogP contribution in [0.3, 0.4) is 0 Å². The summed E-state index contributed by atoms with van der Waals surface area (Å²) in [7, 11) is 0. The topological polar surface area (TPSA) is 74.5 Å². The molecule has 0 bridgehead atoms. The molecule has 2 aromatic heterocycles. The number of hydrogen-bond donors (Lipinski definition) is 1. The van der Waals surface area contributed by atoms with Crippen LogP contribution in [0.25, 0.3) is 0 Å². The molecule has 0 saturated carbocycles. The van der Waals surface area contributed by atoms with Crippen molar-refractivity contribution in [1.82, 2.24) is 24.5 Å². The number of anilines is 1. The number of nitrogens with two attached hydrogens (primary N) is 1. The normalized spacial score (nSPS) is 11.3. The molecular weight excluding hydrogens is 240 g/mol. The fraction of sp³-hybridized carbons (Fsp3) is 0.500. The first kappa shape index (κ1) is 11.9. The van der Waals surface area contributed by atoms with Gasteiger partial charge in [-0.25, -0.2) is 9.67 Å². The Bertz CT molecular complexity index is 481. The number of halogens is 1. The summed E-state index contributed by atoms with van der Waals surface area (Å²) < 4.78 is 3.54. The second kappa shape index (κ2) is 4.75. The third kappa shape index (κ3) is 2.76. The lowest BCUT2D eigenvalue weighted by atomic mass is 10.2. The van der Waals surface area contributed by atoms with Gasteiger partial charge < -0.3 is 5.73 Å². The molecule has 2 heterocycles. The van der Waals surface area contributed by atoms with Gasteiger partial charge in [0.2, 0.25) is 0 Å². The average Bonchev–Trinajstić information content (AvgIpc) is 2.76. The van der Waals surface area contributed by atoms with Gasteiger partial charge in [-0.05, 0) is 5.92 Å². The maximum Gasteiger partial charge on any atom is 0.164 e. The second-order valence-electron chi connectivity index (χ2n) is 4.31. The average molecular weight is 255 g/mol. The van der Waals surface area contributed by atoms with Crippen molar-refractivity contribution in [2.75, 3.05) is 5.73 Å².